The van der Waals surface area contributed by atoms with Gasteiger partial charge >= 0.3 is 0 Å². The number of fused-ring (bicyclic) bond motifs is 1. The van der Waals surface area contributed by atoms with E-state index in [1.807, 2.05) is 17.4 Å². The molecule has 0 spiro atoms. The van der Waals surface area contributed by atoms with Crippen molar-refractivity contribution in [3.63, 3.8) is 0 Å². The molecule has 0 amide bonds. The van der Waals surface area contributed by atoms with Gasteiger partial charge in [0.15, 0.2) is 0 Å². The number of anilines is 1. The molecule has 0 atom stereocenters. The molecule has 110 valence electrons. The standard InChI is InChI=1S/C17H20N2OS/c1-2-13-9-10-14(21-13)12-19-11-5-7-16(18-20)15-6-3-4-8-17(15)19/h3-4,6,8-10,20H,2,5,7,11-12H2,1H3/b18-16-. The van der Waals surface area contributed by atoms with Crippen LogP contribution in [0.4, 0.5) is 5.69 Å². The molecule has 0 radical (unpaired) electrons. The Morgan fingerprint density at radius 3 is 2.76 bits per heavy atom. The van der Waals surface area contributed by atoms with E-state index >= 15 is 0 Å². The van der Waals surface area contributed by atoms with E-state index in [0.717, 1.165) is 43.6 Å². The van der Waals surface area contributed by atoms with E-state index in [2.05, 4.69) is 47.3 Å². The molecule has 1 aromatic carbocycles. The fourth-order valence-corrected chi connectivity index (χ4v) is 3.81. The molecule has 2 heterocycles. The topological polar surface area (TPSA) is 35.8 Å². The van der Waals surface area contributed by atoms with Gasteiger partial charge in [0.25, 0.3) is 0 Å². The molecule has 0 saturated carbocycles. The highest BCUT2D eigenvalue weighted by molar-refractivity contribution is 7.12. The number of benzene rings is 1. The highest BCUT2D eigenvalue weighted by atomic mass is 32.1. The predicted octanol–water partition coefficient (Wildman–Crippen LogP) is 4.29. The van der Waals surface area contributed by atoms with E-state index in [0.29, 0.717) is 0 Å². The Morgan fingerprint density at radius 2 is 2.00 bits per heavy atom. The van der Waals surface area contributed by atoms with Crippen molar-refractivity contribution in [1.29, 1.82) is 0 Å². The Labute approximate surface area is 129 Å². The number of thiophene rings is 1. The Hall–Kier alpha value is -1.81. The van der Waals surface area contributed by atoms with E-state index in [-0.39, 0.29) is 0 Å². The molecule has 2 aromatic rings. The molecule has 0 saturated heterocycles. The molecule has 0 bridgehead atoms. The van der Waals surface area contributed by atoms with Crippen LogP contribution in [0.3, 0.4) is 0 Å². The molecular weight excluding hydrogens is 280 g/mol. The van der Waals surface area contributed by atoms with Crippen molar-refractivity contribution in [2.75, 3.05) is 11.4 Å². The number of para-hydroxylation sites is 1. The summed E-state index contributed by atoms with van der Waals surface area (Å²) in [7, 11) is 0. The third kappa shape index (κ3) is 2.95. The maximum absolute atomic E-state index is 9.25. The number of hydrogen-bond acceptors (Lipinski definition) is 4. The fraction of sp³-hybridized carbons (Fsp3) is 0.353. The van der Waals surface area contributed by atoms with Crippen molar-refractivity contribution in [2.24, 2.45) is 5.16 Å². The fourth-order valence-electron chi connectivity index (χ4n) is 2.84. The normalized spacial score (nSPS) is 16.8. The van der Waals surface area contributed by atoms with Crippen molar-refractivity contribution < 1.29 is 5.21 Å². The quantitative estimate of drug-likeness (QED) is 0.678. The lowest BCUT2D eigenvalue weighted by molar-refractivity contribution is 0.318. The summed E-state index contributed by atoms with van der Waals surface area (Å²) < 4.78 is 0. The van der Waals surface area contributed by atoms with Gasteiger partial charge in [0.05, 0.1) is 12.3 Å². The Morgan fingerprint density at radius 1 is 1.19 bits per heavy atom. The molecule has 0 unspecified atom stereocenters. The van der Waals surface area contributed by atoms with Crippen molar-refractivity contribution in [2.45, 2.75) is 32.7 Å². The summed E-state index contributed by atoms with van der Waals surface area (Å²) in [6.07, 6.45) is 2.94. The Balaban J connectivity index is 1.91. The Bertz CT molecular complexity index is 648. The lowest BCUT2D eigenvalue weighted by Gasteiger charge is -2.24. The molecular formula is C17H20N2OS. The van der Waals surface area contributed by atoms with Crippen LogP contribution in [0.25, 0.3) is 0 Å². The maximum Gasteiger partial charge on any atom is 0.0889 e. The largest absolute Gasteiger partial charge is 0.411 e. The average molecular weight is 300 g/mol. The first kappa shape index (κ1) is 14.1. The second-order valence-electron chi connectivity index (χ2n) is 5.31. The number of aryl methyl sites for hydroxylation is 1. The van der Waals surface area contributed by atoms with Crippen LogP contribution in [0.15, 0.2) is 41.6 Å². The molecule has 4 heteroatoms. The number of rotatable bonds is 3. The Kier molecular flexibility index (Phi) is 4.25. The minimum atomic E-state index is 0.800. The van der Waals surface area contributed by atoms with Gasteiger partial charge in [0.2, 0.25) is 0 Å². The summed E-state index contributed by atoms with van der Waals surface area (Å²) in [6.45, 7) is 4.12. The molecule has 3 rings (SSSR count). The summed E-state index contributed by atoms with van der Waals surface area (Å²) >= 11 is 1.89. The van der Waals surface area contributed by atoms with Gasteiger partial charge < -0.3 is 10.1 Å². The van der Waals surface area contributed by atoms with E-state index in [9.17, 15) is 5.21 Å². The highest BCUT2D eigenvalue weighted by Crippen LogP contribution is 2.29. The summed E-state index contributed by atoms with van der Waals surface area (Å²) in [6, 6.07) is 12.7. The highest BCUT2D eigenvalue weighted by Gasteiger charge is 2.20. The van der Waals surface area contributed by atoms with Gasteiger partial charge in [-0.25, -0.2) is 0 Å². The zero-order valence-corrected chi connectivity index (χ0v) is 13.1. The van der Waals surface area contributed by atoms with E-state index in [1.54, 1.807) is 0 Å². The second-order valence-corrected chi connectivity index (χ2v) is 6.56. The van der Waals surface area contributed by atoms with Crippen LogP contribution < -0.4 is 4.90 Å². The van der Waals surface area contributed by atoms with E-state index in [4.69, 9.17) is 0 Å². The average Bonchev–Trinajstić information content (AvgIpc) is 2.90. The van der Waals surface area contributed by atoms with Crippen LogP contribution in [0.5, 0.6) is 0 Å². The summed E-state index contributed by atoms with van der Waals surface area (Å²) in [5.74, 6) is 0. The first-order valence-electron chi connectivity index (χ1n) is 7.44. The lowest BCUT2D eigenvalue weighted by atomic mass is 10.1. The van der Waals surface area contributed by atoms with E-state index in [1.165, 1.54) is 15.4 Å². The number of oxime groups is 1. The van der Waals surface area contributed by atoms with Gasteiger partial charge in [0, 0.05) is 27.5 Å². The van der Waals surface area contributed by atoms with Gasteiger partial charge in [-0.1, -0.05) is 30.3 Å². The van der Waals surface area contributed by atoms with Crippen molar-refractivity contribution in [3.05, 3.63) is 51.7 Å². The van der Waals surface area contributed by atoms with Gasteiger partial charge in [-0.05, 0) is 37.5 Å². The van der Waals surface area contributed by atoms with Gasteiger partial charge in [-0.2, -0.15) is 0 Å². The van der Waals surface area contributed by atoms with Crippen LogP contribution in [0.1, 0.15) is 35.1 Å². The molecule has 21 heavy (non-hydrogen) atoms. The lowest BCUT2D eigenvalue weighted by Crippen LogP contribution is -2.23. The monoisotopic (exact) mass is 300 g/mol. The maximum atomic E-state index is 9.25. The molecule has 0 aliphatic carbocycles. The molecule has 0 fully saturated rings. The SMILES string of the molecule is CCc1ccc(CN2CCC/C(=N/O)c3ccccc32)s1. The third-order valence-corrected chi connectivity index (χ3v) is 5.14. The second kappa shape index (κ2) is 6.31. The first-order valence-corrected chi connectivity index (χ1v) is 8.26. The summed E-state index contributed by atoms with van der Waals surface area (Å²) in [5, 5.41) is 12.7. The number of hydrogen-bond donors (Lipinski definition) is 1. The molecule has 1 N–H and O–H groups in total. The van der Waals surface area contributed by atoms with Gasteiger partial charge in [-0.15, -0.1) is 11.3 Å². The first-order chi connectivity index (χ1) is 10.3. The summed E-state index contributed by atoms with van der Waals surface area (Å²) in [4.78, 5) is 5.23. The minimum absolute atomic E-state index is 0.800. The van der Waals surface area contributed by atoms with Gasteiger partial charge in [0.1, 0.15) is 0 Å². The predicted molar refractivity (Wildman–Crippen MR) is 88.7 cm³/mol. The van der Waals surface area contributed by atoms with Crippen LogP contribution in [0, 0.1) is 0 Å². The molecule has 1 aromatic heterocycles. The van der Waals surface area contributed by atoms with Crippen molar-refractivity contribution >= 4 is 22.7 Å². The molecule has 1 aliphatic heterocycles. The summed E-state index contributed by atoms with van der Waals surface area (Å²) in [5.41, 5.74) is 3.03. The number of nitrogens with zero attached hydrogens (tertiary/aromatic N) is 2. The van der Waals surface area contributed by atoms with Crippen molar-refractivity contribution in [1.82, 2.24) is 0 Å². The van der Waals surface area contributed by atoms with Crippen LogP contribution in [-0.2, 0) is 13.0 Å². The van der Waals surface area contributed by atoms with Gasteiger partial charge in [-0.3, -0.25) is 0 Å². The molecule has 3 nitrogen and oxygen atoms in total. The smallest absolute Gasteiger partial charge is 0.0889 e. The van der Waals surface area contributed by atoms with Crippen LogP contribution in [-0.4, -0.2) is 17.5 Å². The minimum Gasteiger partial charge on any atom is -0.411 e. The van der Waals surface area contributed by atoms with Crippen LogP contribution >= 0.6 is 11.3 Å². The zero-order chi connectivity index (χ0) is 14.7. The molecule has 1 aliphatic rings. The zero-order valence-electron chi connectivity index (χ0n) is 12.2. The van der Waals surface area contributed by atoms with Crippen LogP contribution in [0.2, 0.25) is 0 Å². The van der Waals surface area contributed by atoms with Crippen molar-refractivity contribution in [3.8, 4) is 0 Å². The van der Waals surface area contributed by atoms with E-state index < -0.39 is 0 Å². The third-order valence-electron chi connectivity index (χ3n) is 3.93.